The van der Waals surface area contributed by atoms with Crippen LogP contribution in [0.15, 0.2) is 30.3 Å². The number of para-hydroxylation sites is 2. The Morgan fingerprint density at radius 2 is 2.11 bits per heavy atom. The van der Waals surface area contributed by atoms with Gasteiger partial charge in [0.15, 0.2) is 0 Å². The Balaban J connectivity index is 2.22. The Morgan fingerprint density at radius 3 is 2.89 bits per heavy atom. The van der Waals surface area contributed by atoms with Crippen molar-refractivity contribution in [1.82, 2.24) is 9.78 Å². The summed E-state index contributed by atoms with van der Waals surface area (Å²) in [6, 6.07) is 9.87. The van der Waals surface area contributed by atoms with Gasteiger partial charge in [-0.05, 0) is 38.0 Å². The van der Waals surface area contributed by atoms with Gasteiger partial charge in [0.2, 0.25) is 0 Å². The first kappa shape index (κ1) is 12.7. The predicted octanol–water partition coefficient (Wildman–Crippen LogP) is 3.41. The number of rotatable bonds is 6. The van der Waals surface area contributed by atoms with E-state index in [4.69, 9.17) is 4.74 Å². The average Bonchev–Trinajstić information content (AvgIpc) is 2.86. The second kappa shape index (κ2) is 6.24. The van der Waals surface area contributed by atoms with Crippen molar-refractivity contribution in [2.75, 3.05) is 6.61 Å². The summed E-state index contributed by atoms with van der Waals surface area (Å²) >= 11 is 0. The molecule has 3 heteroatoms. The van der Waals surface area contributed by atoms with Crippen molar-refractivity contribution in [2.45, 2.75) is 33.1 Å². The number of nitrogens with zero attached hydrogens (tertiary/aromatic N) is 2. The minimum atomic E-state index is 0.654. The van der Waals surface area contributed by atoms with E-state index in [2.05, 4.69) is 18.2 Å². The van der Waals surface area contributed by atoms with Crippen molar-refractivity contribution in [3.8, 4) is 11.4 Å². The zero-order chi connectivity index (χ0) is 12.8. The monoisotopic (exact) mass is 243 g/mol. The number of aryl methyl sites for hydroxylation is 1. The molecule has 0 saturated heterocycles. The van der Waals surface area contributed by atoms with Crippen LogP contribution in [0.5, 0.6) is 5.75 Å². The topological polar surface area (TPSA) is 27.1 Å². The molecule has 1 aromatic heterocycles. The van der Waals surface area contributed by atoms with E-state index in [1.807, 2.05) is 37.3 Å². The normalized spacial score (nSPS) is 10.6. The van der Waals surface area contributed by atoms with Crippen LogP contribution in [0.1, 0.15) is 32.4 Å². The highest BCUT2D eigenvalue weighted by Gasteiger charge is 2.07. The van der Waals surface area contributed by atoms with Crippen LogP contribution in [-0.4, -0.2) is 16.4 Å². The van der Waals surface area contributed by atoms with Crippen LogP contribution in [0.4, 0.5) is 0 Å². The fraction of sp³-hybridized carbons (Fsp3) is 0.400. The van der Waals surface area contributed by atoms with Crippen LogP contribution in [-0.2, 0) is 6.42 Å². The van der Waals surface area contributed by atoms with Crippen LogP contribution >= 0.6 is 0 Å². The summed E-state index contributed by atoms with van der Waals surface area (Å²) in [6.45, 7) is 4.82. The number of unbranched alkanes of at least 4 members (excludes halogenated alkanes) is 1. The fourth-order valence-electron chi connectivity index (χ4n) is 1.84. The highest BCUT2D eigenvalue weighted by molar-refractivity contribution is 5.45. The minimum Gasteiger partial charge on any atom is -0.492 e. The number of hydrogen-bond acceptors (Lipinski definition) is 2. The average molecular weight is 243 g/mol. The van der Waals surface area contributed by atoms with Gasteiger partial charge in [0.25, 0.3) is 0 Å². The summed E-state index contributed by atoms with van der Waals surface area (Å²) in [5.41, 5.74) is 2.03. The largest absolute Gasteiger partial charge is 0.492 e. The van der Waals surface area contributed by atoms with Gasteiger partial charge in [0.1, 0.15) is 11.4 Å². The maximum atomic E-state index is 5.60. The Labute approximate surface area is 108 Å². The molecule has 0 amide bonds. The minimum absolute atomic E-state index is 0.654. The van der Waals surface area contributed by atoms with Crippen molar-refractivity contribution < 1.29 is 4.74 Å². The first-order chi connectivity index (χ1) is 8.85. The molecule has 1 radical (unpaired) electrons. The zero-order valence-electron chi connectivity index (χ0n) is 11.0. The molecule has 18 heavy (non-hydrogen) atoms. The highest BCUT2D eigenvalue weighted by Crippen LogP contribution is 2.21. The van der Waals surface area contributed by atoms with Gasteiger partial charge in [-0.2, -0.15) is 5.10 Å². The van der Waals surface area contributed by atoms with Crippen molar-refractivity contribution in [3.63, 3.8) is 0 Å². The fourth-order valence-corrected chi connectivity index (χ4v) is 1.84. The predicted molar refractivity (Wildman–Crippen MR) is 72.2 cm³/mol. The van der Waals surface area contributed by atoms with E-state index < -0.39 is 0 Å². The second-order valence-corrected chi connectivity index (χ2v) is 4.18. The molecule has 0 unspecified atom stereocenters. The van der Waals surface area contributed by atoms with Gasteiger partial charge in [-0.1, -0.05) is 25.5 Å². The third-order valence-electron chi connectivity index (χ3n) is 2.76. The highest BCUT2D eigenvalue weighted by atomic mass is 16.5. The Morgan fingerprint density at radius 1 is 1.28 bits per heavy atom. The van der Waals surface area contributed by atoms with Crippen LogP contribution < -0.4 is 4.74 Å². The summed E-state index contributed by atoms with van der Waals surface area (Å²) in [6.07, 6.45) is 6.51. The molecule has 0 spiro atoms. The molecule has 0 aliphatic heterocycles. The van der Waals surface area contributed by atoms with Gasteiger partial charge in [-0.15, -0.1) is 0 Å². The molecule has 1 heterocycles. The smallest absolute Gasteiger partial charge is 0.144 e. The van der Waals surface area contributed by atoms with E-state index in [-0.39, 0.29) is 0 Å². The maximum absolute atomic E-state index is 5.60. The van der Waals surface area contributed by atoms with E-state index in [0.29, 0.717) is 6.61 Å². The van der Waals surface area contributed by atoms with Gasteiger partial charge in [-0.3, -0.25) is 0 Å². The molecular weight excluding hydrogens is 224 g/mol. The number of ether oxygens (including phenoxy) is 1. The summed E-state index contributed by atoms with van der Waals surface area (Å²) in [5, 5.41) is 4.54. The third kappa shape index (κ3) is 2.92. The lowest BCUT2D eigenvalue weighted by Crippen LogP contribution is -2.01. The van der Waals surface area contributed by atoms with Crippen LogP contribution in [0.25, 0.3) is 5.69 Å². The van der Waals surface area contributed by atoms with Gasteiger partial charge in [-0.25, -0.2) is 4.68 Å². The first-order valence-electron chi connectivity index (χ1n) is 6.54. The van der Waals surface area contributed by atoms with Crippen molar-refractivity contribution >= 4 is 0 Å². The van der Waals surface area contributed by atoms with Crippen molar-refractivity contribution in [1.29, 1.82) is 0 Å². The van der Waals surface area contributed by atoms with Gasteiger partial charge in [0.05, 0.1) is 18.5 Å². The molecule has 0 atom stereocenters. The molecule has 0 aliphatic rings. The zero-order valence-corrected chi connectivity index (χ0v) is 11.0. The van der Waals surface area contributed by atoms with E-state index in [9.17, 15) is 0 Å². The SMILES string of the molecule is CCCCc1c[c]n(-c2ccccc2OCC)n1. The standard InChI is InChI=1S/C15H19N2O/c1-3-5-8-13-11-12-17(16-13)14-9-6-7-10-15(14)18-4-2/h6-7,9-11H,3-5,8H2,1-2H3. The second-order valence-electron chi connectivity index (χ2n) is 4.18. The van der Waals surface area contributed by atoms with Crippen LogP contribution in [0.2, 0.25) is 0 Å². The maximum Gasteiger partial charge on any atom is 0.144 e. The van der Waals surface area contributed by atoms with Crippen molar-refractivity contribution in [3.05, 3.63) is 42.2 Å². The number of aromatic nitrogens is 2. The van der Waals surface area contributed by atoms with Gasteiger partial charge < -0.3 is 4.74 Å². The lowest BCUT2D eigenvalue weighted by atomic mass is 10.2. The quantitative estimate of drug-likeness (QED) is 0.777. The van der Waals surface area contributed by atoms with Crippen LogP contribution in [0.3, 0.4) is 0 Å². The van der Waals surface area contributed by atoms with E-state index in [1.165, 1.54) is 6.42 Å². The summed E-state index contributed by atoms with van der Waals surface area (Å²) in [7, 11) is 0. The molecular formula is C15H19N2O. The molecule has 2 rings (SSSR count). The molecule has 3 nitrogen and oxygen atoms in total. The molecule has 1 aromatic carbocycles. The molecule has 0 N–H and O–H groups in total. The molecule has 0 bridgehead atoms. The number of benzene rings is 1. The molecule has 2 aromatic rings. The Bertz CT molecular complexity index is 491. The Hall–Kier alpha value is -1.77. The Kier molecular flexibility index (Phi) is 4.40. The van der Waals surface area contributed by atoms with Crippen LogP contribution in [0, 0.1) is 6.20 Å². The van der Waals surface area contributed by atoms with E-state index in [1.54, 1.807) is 4.68 Å². The third-order valence-corrected chi connectivity index (χ3v) is 2.76. The summed E-state index contributed by atoms with van der Waals surface area (Å²) in [4.78, 5) is 0. The van der Waals surface area contributed by atoms with Crippen molar-refractivity contribution in [2.24, 2.45) is 0 Å². The lowest BCUT2D eigenvalue weighted by Gasteiger charge is -2.09. The van der Waals surface area contributed by atoms with E-state index >= 15 is 0 Å². The van der Waals surface area contributed by atoms with Gasteiger partial charge in [0, 0.05) is 0 Å². The summed E-state index contributed by atoms with van der Waals surface area (Å²) in [5.74, 6) is 0.849. The first-order valence-corrected chi connectivity index (χ1v) is 6.54. The molecule has 0 saturated carbocycles. The molecule has 0 aliphatic carbocycles. The lowest BCUT2D eigenvalue weighted by molar-refractivity contribution is 0.338. The molecule has 0 fully saturated rings. The van der Waals surface area contributed by atoms with E-state index in [0.717, 1.165) is 30.0 Å². The molecule has 95 valence electrons. The van der Waals surface area contributed by atoms with Gasteiger partial charge >= 0.3 is 0 Å². The number of hydrogen-bond donors (Lipinski definition) is 0. The summed E-state index contributed by atoms with van der Waals surface area (Å²) < 4.78 is 7.37.